The number of likely N-dealkylation sites (N-methyl/N-ethyl adjacent to an activating group) is 1. The monoisotopic (exact) mass is 549 g/mol. The highest BCUT2D eigenvalue weighted by Gasteiger charge is 2.54. The minimum absolute atomic E-state index is 0.0423. The summed E-state index contributed by atoms with van der Waals surface area (Å²) in [6.45, 7) is 4.51. The third kappa shape index (κ3) is 4.99. The molecule has 0 saturated carbocycles. The van der Waals surface area contributed by atoms with Gasteiger partial charge in [-0.3, -0.25) is 9.80 Å². The molecule has 3 heterocycles. The molecule has 0 unspecified atom stereocenters. The molecular weight excluding hydrogens is 518 g/mol. The molecule has 0 N–H and O–H groups in total. The number of piperidine rings is 1. The summed E-state index contributed by atoms with van der Waals surface area (Å²) in [6.07, 6.45) is -0.896. The maximum absolute atomic E-state index is 13.9. The molecule has 2 aromatic rings. The highest BCUT2D eigenvalue weighted by Crippen LogP contribution is 2.47. The second-order valence-electron chi connectivity index (χ2n) is 9.99. The number of likely N-dealkylation sites (tertiary alicyclic amines) is 1. The summed E-state index contributed by atoms with van der Waals surface area (Å²) in [7, 11) is 3.22. The van der Waals surface area contributed by atoms with Crippen molar-refractivity contribution in [3.05, 3.63) is 64.6 Å². The van der Waals surface area contributed by atoms with Crippen LogP contribution in [0.2, 0.25) is 0 Å². The van der Waals surface area contributed by atoms with Gasteiger partial charge in [-0.15, -0.1) is 13.2 Å². The molecule has 7 nitrogen and oxygen atoms in total. The summed E-state index contributed by atoms with van der Waals surface area (Å²) in [5, 5.41) is 0. The average molecular weight is 550 g/mol. The fourth-order valence-corrected chi connectivity index (χ4v) is 6.14. The number of methoxy groups -OCH3 is 2. The van der Waals surface area contributed by atoms with Crippen molar-refractivity contribution in [2.75, 3.05) is 33.9 Å². The number of nitrogens with zero attached hydrogens (tertiary/aromatic N) is 3. The van der Waals surface area contributed by atoms with Crippen LogP contribution >= 0.6 is 0 Å². The van der Waals surface area contributed by atoms with Crippen LogP contribution in [0.3, 0.4) is 0 Å². The van der Waals surface area contributed by atoms with E-state index in [1.807, 2.05) is 28.9 Å². The Morgan fingerprint density at radius 3 is 2.41 bits per heavy atom. The van der Waals surface area contributed by atoms with E-state index < -0.39 is 23.5 Å². The van der Waals surface area contributed by atoms with Gasteiger partial charge in [-0.1, -0.05) is 12.1 Å². The molecule has 0 atom stereocenters. The zero-order chi connectivity index (χ0) is 27.9. The van der Waals surface area contributed by atoms with E-state index in [2.05, 4.69) is 15.7 Å². The van der Waals surface area contributed by atoms with Crippen LogP contribution in [-0.2, 0) is 19.5 Å². The van der Waals surface area contributed by atoms with Crippen LogP contribution in [0.15, 0.2) is 42.1 Å². The SMILES string of the molecule is CCN1C(=O)N2Cc3cc(OC)cc(OC)c3CC=C2C12CCN(Cc1ccc(F)c(OC(F)(F)F)c1)CC2. The van der Waals surface area contributed by atoms with Crippen LogP contribution in [0.5, 0.6) is 17.2 Å². The number of allylic oxidation sites excluding steroid dienone is 1. The van der Waals surface area contributed by atoms with Crippen LogP contribution in [-0.4, -0.2) is 66.5 Å². The largest absolute Gasteiger partial charge is 0.573 e. The van der Waals surface area contributed by atoms with E-state index in [1.165, 1.54) is 6.07 Å². The molecular formula is C28H31F4N3O4. The summed E-state index contributed by atoms with van der Waals surface area (Å²) >= 11 is 0. The molecule has 0 bridgehead atoms. The number of benzene rings is 2. The predicted octanol–water partition coefficient (Wildman–Crippen LogP) is 5.47. The van der Waals surface area contributed by atoms with Crippen molar-refractivity contribution in [1.82, 2.24) is 14.7 Å². The van der Waals surface area contributed by atoms with Crippen LogP contribution < -0.4 is 14.2 Å². The molecule has 0 aromatic heterocycles. The Balaban J connectivity index is 1.37. The van der Waals surface area contributed by atoms with Gasteiger partial charge in [0.25, 0.3) is 0 Å². The van der Waals surface area contributed by atoms with Crippen LogP contribution in [0, 0.1) is 5.82 Å². The van der Waals surface area contributed by atoms with Crippen LogP contribution in [0.4, 0.5) is 22.4 Å². The quantitative estimate of drug-likeness (QED) is 0.447. The van der Waals surface area contributed by atoms with Gasteiger partial charge >= 0.3 is 12.4 Å². The number of carbonyl (C=O) groups excluding carboxylic acids is 1. The maximum atomic E-state index is 13.9. The minimum Gasteiger partial charge on any atom is -0.497 e. The Bertz CT molecular complexity index is 1290. The zero-order valence-corrected chi connectivity index (χ0v) is 22.1. The van der Waals surface area contributed by atoms with E-state index in [9.17, 15) is 22.4 Å². The number of hydrogen-bond donors (Lipinski definition) is 0. The van der Waals surface area contributed by atoms with Crippen molar-refractivity contribution < 1.29 is 36.6 Å². The van der Waals surface area contributed by atoms with Gasteiger partial charge in [0.05, 0.1) is 26.3 Å². The maximum Gasteiger partial charge on any atom is 0.573 e. The molecule has 11 heteroatoms. The normalized spacial score (nSPS) is 18.9. The Hall–Kier alpha value is -3.47. The summed E-state index contributed by atoms with van der Waals surface area (Å²) in [5.74, 6) is -0.509. The van der Waals surface area contributed by atoms with E-state index in [-0.39, 0.29) is 6.03 Å². The van der Waals surface area contributed by atoms with Gasteiger partial charge in [-0.25, -0.2) is 9.18 Å². The fourth-order valence-electron chi connectivity index (χ4n) is 6.14. The first-order valence-corrected chi connectivity index (χ1v) is 12.9. The topological polar surface area (TPSA) is 54.5 Å². The first-order valence-electron chi connectivity index (χ1n) is 12.9. The Morgan fingerprint density at radius 2 is 1.77 bits per heavy atom. The van der Waals surface area contributed by atoms with E-state index in [1.54, 1.807) is 14.2 Å². The standard InChI is InChI=1S/C28H31F4N3O4/c1-4-35-26(36)34-17-19-14-20(37-2)15-23(38-3)21(19)6-8-25(34)27(35)9-11-33(12-10-27)16-18-5-7-22(29)24(13-18)39-28(30,31)32/h5,7-8,13-15H,4,6,9-12,16-17H2,1-3H3. The Kier molecular flexibility index (Phi) is 7.13. The zero-order valence-electron chi connectivity index (χ0n) is 22.1. The number of halogens is 4. The second-order valence-corrected chi connectivity index (χ2v) is 9.99. The molecule has 0 radical (unpaired) electrons. The molecule has 2 saturated heterocycles. The molecule has 2 fully saturated rings. The van der Waals surface area contributed by atoms with Crippen molar-refractivity contribution in [3.63, 3.8) is 0 Å². The van der Waals surface area contributed by atoms with Gasteiger partial charge in [-0.05, 0) is 55.5 Å². The van der Waals surface area contributed by atoms with E-state index in [0.29, 0.717) is 63.3 Å². The highest BCUT2D eigenvalue weighted by atomic mass is 19.4. The van der Waals surface area contributed by atoms with Crippen molar-refractivity contribution in [2.45, 2.75) is 51.2 Å². The fraction of sp³-hybridized carbons (Fsp3) is 0.464. The van der Waals surface area contributed by atoms with Gasteiger partial charge in [0.15, 0.2) is 11.6 Å². The smallest absolute Gasteiger partial charge is 0.497 e. The molecule has 39 heavy (non-hydrogen) atoms. The lowest BCUT2D eigenvalue weighted by Crippen LogP contribution is -2.53. The summed E-state index contributed by atoms with van der Waals surface area (Å²) in [5.41, 5.74) is 3.03. The molecule has 5 rings (SSSR count). The first-order chi connectivity index (χ1) is 18.6. The average Bonchev–Trinajstić information content (AvgIpc) is 3.01. The summed E-state index contributed by atoms with van der Waals surface area (Å²) in [4.78, 5) is 19.6. The summed E-state index contributed by atoms with van der Waals surface area (Å²) in [6, 6.07) is 7.31. The number of amides is 2. The van der Waals surface area contributed by atoms with Gasteiger partial charge in [0.1, 0.15) is 11.5 Å². The van der Waals surface area contributed by atoms with Crippen molar-refractivity contribution in [2.24, 2.45) is 0 Å². The molecule has 3 aliphatic heterocycles. The van der Waals surface area contributed by atoms with Crippen LogP contribution in [0.25, 0.3) is 0 Å². The van der Waals surface area contributed by atoms with Crippen molar-refractivity contribution in [3.8, 4) is 17.2 Å². The van der Waals surface area contributed by atoms with E-state index in [4.69, 9.17) is 9.47 Å². The Morgan fingerprint density at radius 1 is 1.03 bits per heavy atom. The molecule has 1 spiro atoms. The van der Waals surface area contributed by atoms with Crippen molar-refractivity contribution >= 4 is 6.03 Å². The summed E-state index contributed by atoms with van der Waals surface area (Å²) < 4.78 is 66.8. The lowest BCUT2D eigenvalue weighted by molar-refractivity contribution is -0.275. The number of rotatable bonds is 6. The molecule has 0 aliphatic carbocycles. The number of alkyl halides is 3. The van der Waals surface area contributed by atoms with Gasteiger partial charge < -0.3 is 19.1 Å². The lowest BCUT2D eigenvalue weighted by Gasteiger charge is -2.44. The number of urea groups is 1. The van der Waals surface area contributed by atoms with E-state index >= 15 is 0 Å². The molecule has 3 aliphatic rings. The van der Waals surface area contributed by atoms with Crippen LogP contribution in [0.1, 0.15) is 36.5 Å². The number of hydrogen-bond acceptors (Lipinski definition) is 5. The number of ether oxygens (including phenoxy) is 3. The Labute approximate surface area is 224 Å². The molecule has 2 amide bonds. The second kappa shape index (κ2) is 10.3. The lowest BCUT2D eigenvalue weighted by atomic mass is 9.83. The number of fused-ring (bicyclic) bond motifs is 3. The molecule has 210 valence electrons. The minimum atomic E-state index is -4.97. The third-order valence-corrected chi connectivity index (χ3v) is 7.93. The van der Waals surface area contributed by atoms with Gasteiger partial charge in [0.2, 0.25) is 0 Å². The highest BCUT2D eigenvalue weighted by molar-refractivity contribution is 5.83. The van der Waals surface area contributed by atoms with Gasteiger partial charge in [-0.2, -0.15) is 0 Å². The molecule has 2 aromatic carbocycles. The first kappa shape index (κ1) is 27.1. The number of carbonyl (C=O) groups is 1. The third-order valence-electron chi connectivity index (χ3n) is 7.93. The van der Waals surface area contributed by atoms with Crippen molar-refractivity contribution in [1.29, 1.82) is 0 Å². The predicted molar refractivity (Wildman–Crippen MR) is 135 cm³/mol. The van der Waals surface area contributed by atoms with E-state index in [0.717, 1.165) is 34.7 Å². The van der Waals surface area contributed by atoms with Gasteiger partial charge in [0, 0.05) is 43.5 Å².